The number of carbonyl (C=O) groups is 2. The van der Waals surface area contributed by atoms with Gasteiger partial charge in [-0.25, -0.2) is 18.0 Å². The number of rotatable bonds is 5. The Hall–Kier alpha value is -3.81. The summed E-state index contributed by atoms with van der Waals surface area (Å²) in [6, 6.07) is 16.1. The van der Waals surface area contributed by atoms with Crippen LogP contribution in [0.3, 0.4) is 0 Å². The van der Waals surface area contributed by atoms with Gasteiger partial charge in [0.05, 0.1) is 21.8 Å². The minimum atomic E-state index is -0.847. The first-order chi connectivity index (χ1) is 16.7. The lowest BCUT2D eigenvalue weighted by molar-refractivity contribution is 0.0733. The zero-order chi connectivity index (χ0) is 25.1. The van der Waals surface area contributed by atoms with E-state index in [1.165, 1.54) is 54.6 Å². The summed E-state index contributed by atoms with van der Waals surface area (Å²) in [5.41, 5.74) is 0.351. The summed E-state index contributed by atoms with van der Waals surface area (Å²) in [5, 5.41) is 3.10. The topological polar surface area (TPSA) is 55.4 Å². The molecule has 4 aromatic rings. The number of carbonyl (C=O) groups excluding carboxylic acids is 2. The van der Waals surface area contributed by atoms with E-state index in [1.807, 2.05) is 0 Å². The number of halogens is 5. The van der Waals surface area contributed by atoms with Gasteiger partial charge in [-0.05, 0) is 72.3 Å². The zero-order valence-corrected chi connectivity index (χ0v) is 19.1. The molecule has 0 atom stereocenters. The molecule has 0 spiro atoms. The molecule has 4 aromatic carbocycles. The molecule has 9 heteroatoms. The van der Waals surface area contributed by atoms with Crippen molar-refractivity contribution >= 4 is 40.8 Å². The van der Waals surface area contributed by atoms with E-state index in [0.29, 0.717) is 11.1 Å². The lowest BCUT2D eigenvalue weighted by Crippen LogP contribution is -2.16. The Morgan fingerprint density at radius 3 is 2.20 bits per heavy atom. The number of hydrogen-bond donors (Lipinski definition) is 1. The van der Waals surface area contributed by atoms with Crippen LogP contribution in [0.4, 0.5) is 18.9 Å². The Balaban J connectivity index is 1.74. The molecule has 1 amide bonds. The van der Waals surface area contributed by atoms with E-state index in [1.54, 1.807) is 0 Å². The molecule has 0 bridgehead atoms. The highest BCUT2D eigenvalue weighted by atomic mass is 35.5. The van der Waals surface area contributed by atoms with E-state index in [0.717, 1.165) is 18.2 Å². The van der Waals surface area contributed by atoms with Crippen molar-refractivity contribution in [2.45, 2.75) is 0 Å². The predicted molar refractivity (Wildman–Crippen MR) is 128 cm³/mol. The van der Waals surface area contributed by atoms with Crippen LogP contribution in [-0.2, 0) is 0 Å². The lowest BCUT2D eigenvalue weighted by atomic mass is 10.0. The second-order valence-electron chi connectivity index (χ2n) is 7.31. The molecule has 1 N–H and O–H groups in total. The Bertz CT molecular complexity index is 1440. The molecule has 0 saturated heterocycles. The van der Waals surface area contributed by atoms with Crippen LogP contribution in [0.1, 0.15) is 20.7 Å². The molecule has 0 unspecified atom stereocenters. The van der Waals surface area contributed by atoms with Crippen molar-refractivity contribution in [3.05, 3.63) is 117 Å². The van der Waals surface area contributed by atoms with E-state index in [2.05, 4.69) is 5.32 Å². The van der Waals surface area contributed by atoms with E-state index in [4.69, 9.17) is 27.9 Å². The van der Waals surface area contributed by atoms with Gasteiger partial charge in [-0.1, -0.05) is 29.3 Å². The molecule has 0 heterocycles. The average Bonchev–Trinajstić information content (AvgIpc) is 2.82. The first-order valence-corrected chi connectivity index (χ1v) is 10.8. The van der Waals surface area contributed by atoms with Crippen LogP contribution in [0.5, 0.6) is 5.75 Å². The summed E-state index contributed by atoms with van der Waals surface area (Å²) in [4.78, 5) is 25.8. The summed E-state index contributed by atoms with van der Waals surface area (Å²) in [5.74, 6) is -3.87. The van der Waals surface area contributed by atoms with Gasteiger partial charge in [-0.15, -0.1) is 0 Å². The maximum absolute atomic E-state index is 14.4. The predicted octanol–water partition coefficient (Wildman–Crippen LogP) is 7.55. The third-order valence-electron chi connectivity index (χ3n) is 4.93. The highest BCUT2D eigenvalue weighted by molar-refractivity contribution is 6.36. The van der Waals surface area contributed by atoms with Crippen molar-refractivity contribution in [3.63, 3.8) is 0 Å². The van der Waals surface area contributed by atoms with Gasteiger partial charge in [-0.2, -0.15) is 0 Å². The standard InChI is InChI=1S/C26H14Cl2F3NO3/c27-16-4-9-21(28)23(12-16)32-25(33)20-11-15(19-8-7-18(30)13-22(19)31)3-10-24(20)35-26(34)14-1-5-17(29)6-2-14/h1-13H,(H,32,33). The minimum Gasteiger partial charge on any atom is -0.422 e. The second kappa shape index (κ2) is 10.2. The molecule has 0 aliphatic carbocycles. The Morgan fingerprint density at radius 1 is 0.771 bits per heavy atom. The quantitative estimate of drug-likeness (QED) is 0.220. The molecular weight excluding hydrogens is 502 g/mol. The van der Waals surface area contributed by atoms with Crippen LogP contribution >= 0.6 is 23.2 Å². The number of hydrogen-bond acceptors (Lipinski definition) is 3. The number of ether oxygens (including phenoxy) is 1. The Morgan fingerprint density at radius 2 is 1.49 bits per heavy atom. The first-order valence-electron chi connectivity index (χ1n) is 10.0. The molecule has 0 aliphatic rings. The number of benzene rings is 4. The normalized spacial score (nSPS) is 10.7. The van der Waals surface area contributed by atoms with E-state index < -0.39 is 29.3 Å². The number of esters is 1. The van der Waals surface area contributed by atoms with Crippen molar-refractivity contribution in [2.24, 2.45) is 0 Å². The molecule has 35 heavy (non-hydrogen) atoms. The molecule has 0 fully saturated rings. The maximum atomic E-state index is 14.4. The van der Waals surface area contributed by atoms with Gasteiger partial charge >= 0.3 is 5.97 Å². The highest BCUT2D eigenvalue weighted by Crippen LogP contribution is 2.32. The van der Waals surface area contributed by atoms with Gasteiger partial charge < -0.3 is 10.1 Å². The minimum absolute atomic E-state index is 0.0256. The fourth-order valence-corrected chi connectivity index (χ4v) is 3.55. The molecule has 176 valence electrons. The van der Waals surface area contributed by atoms with E-state index in [-0.39, 0.29) is 38.7 Å². The zero-order valence-electron chi connectivity index (χ0n) is 17.6. The van der Waals surface area contributed by atoms with Crippen molar-refractivity contribution < 1.29 is 27.5 Å². The fraction of sp³-hybridized carbons (Fsp3) is 0. The molecule has 4 rings (SSSR count). The fourth-order valence-electron chi connectivity index (χ4n) is 3.22. The van der Waals surface area contributed by atoms with Crippen LogP contribution in [0, 0.1) is 17.5 Å². The monoisotopic (exact) mass is 515 g/mol. The van der Waals surface area contributed by atoms with Crippen molar-refractivity contribution in [3.8, 4) is 16.9 Å². The second-order valence-corrected chi connectivity index (χ2v) is 8.15. The third kappa shape index (κ3) is 5.65. The van der Waals surface area contributed by atoms with Crippen LogP contribution in [0.15, 0.2) is 78.9 Å². The number of nitrogens with one attached hydrogen (secondary N) is 1. The van der Waals surface area contributed by atoms with Gasteiger partial charge in [0.15, 0.2) is 0 Å². The van der Waals surface area contributed by atoms with Crippen LogP contribution < -0.4 is 10.1 Å². The third-order valence-corrected chi connectivity index (χ3v) is 5.49. The molecule has 0 aromatic heterocycles. The molecule has 0 saturated carbocycles. The summed E-state index contributed by atoms with van der Waals surface area (Å²) in [6.07, 6.45) is 0. The molecule has 4 nitrogen and oxygen atoms in total. The maximum Gasteiger partial charge on any atom is 0.343 e. The van der Waals surface area contributed by atoms with Gasteiger partial charge in [0.25, 0.3) is 5.91 Å². The van der Waals surface area contributed by atoms with Crippen LogP contribution in [-0.4, -0.2) is 11.9 Å². The summed E-state index contributed by atoms with van der Waals surface area (Å²) >= 11 is 12.1. The van der Waals surface area contributed by atoms with Gasteiger partial charge in [-0.3, -0.25) is 4.79 Å². The molecular formula is C26H14Cl2F3NO3. The largest absolute Gasteiger partial charge is 0.422 e. The van der Waals surface area contributed by atoms with Crippen molar-refractivity contribution in [1.29, 1.82) is 0 Å². The van der Waals surface area contributed by atoms with Crippen molar-refractivity contribution in [2.75, 3.05) is 5.32 Å². The number of anilines is 1. The Labute approximate surface area is 207 Å². The van der Waals surface area contributed by atoms with Crippen LogP contribution in [0.2, 0.25) is 10.0 Å². The summed E-state index contributed by atoms with van der Waals surface area (Å²) < 4.78 is 46.3. The van der Waals surface area contributed by atoms with Crippen molar-refractivity contribution in [1.82, 2.24) is 0 Å². The molecule has 0 aliphatic heterocycles. The Kier molecular flexibility index (Phi) is 7.10. The van der Waals surface area contributed by atoms with Gasteiger partial charge in [0, 0.05) is 16.7 Å². The summed E-state index contributed by atoms with van der Waals surface area (Å²) in [7, 11) is 0. The lowest BCUT2D eigenvalue weighted by Gasteiger charge is -2.14. The number of amides is 1. The molecule has 0 radical (unpaired) electrons. The SMILES string of the molecule is O=C(Oc1ccc(-c2ccc(F)cc2F)cc1C(=O)Nc1cc(Cl)ccc1Cl)c1ccc(F)cc1. The first kappa shape index (κ1) is 24.3. The average molecular weight is 516 g/mol. The smallest absolute Gasteiger partial charge is 0.343 e. The summed E-state index contributed by atoms with van der Waals surface area (Å²) in [6.45, 7) is 0. The van der Waals surface area contributed by atoms with Gasteiger partial charge in [0.2, 0.25) is 0 Å². The highest BCUT2D eigenvalue weighted by Gasteiger charge is 2.20. The van der Waals surface area contributed by atoms with Gasteiger partial charge in [0.1, 0.15) is 23.2 Å². The van der Waals surface area contributed by atoms with E-state index in [9.17, 15) is 22.8 Å². The van der Waals surface area contributed by atoms with Crippen LogP contribution in [0.25, 0.3) is 11.1 Å². The van der Waals surface area contributed by atoms with E-state index >= 15 is 0 Å².